The lowest BCUT2D eigenvalue weighted by Crippen LogP contribution is -2.47. The molecule has 4 N–H and O–H groups in total. The summed E-state index contributed by atoms with van der Waals surface area (Å²) >= 11 is 10.5. The predicted octanol–water partition coefficient (Wildman–Crippen LogP) is 2.96. The van der Waals surface area contributed by atoms with Crippen LogP contribution in [-0.4, -0.2) is 33.5 Å². The largest absolute Gasteiger partial charge is 0.480 e. The first-order chi connectivity index (χ1) is 9.63. The molecule has 5 nitrogen and oxygen atoms in total. The summed E-state index contributed by atoms with van der Waals surface area (Å²) in [5.41, 5.74) is 6.10. The van der Waals surface area contributed by atoms with Crippen LogP contribution in [0.4, 0.5) is 5.69 Å². The second kappa shape index (κ2) is 7.49. The van der Waals surface area contributed by atoms with Crippen molar-refractivity contribution in [3.05, 3.63) is 27.7 Å². The summed E-state index contributed by atoms with van der Waals surface area (Å²) in [7, 11) is 0. The smallest absolute Gasteiger partial charge is 0.321 e. The Kier molecular flexibility index (Phi) is 6.52. The van der Waals surface area contributed by atoms with Gasteiger partial charge in [0, 0.05) is 9.22 Å². The maximum atomic E-state index is 11.9. The predicted molar refractivity (Wildman–Crippen MR) is 89.9 cm³/mol. The van der Waals surface area contributed by atoms with Crippen LogP contribution in [0.5, 0.6) is 0 Å². The molecule has 21 heavy (non-hydrogen) atoms. The standard InChI is InChI=1S/C13H16BrClN2O3S/c1-13(2,11(16)12(19)20)21-6-10(18)17-9-4-3-7(14)5-8(9)15/h3-5,11H,6,16H2,1-2H3,(H,17,18)(H,19,20)/t11-/m0/s1. The Hall–Kier alpha value is -0.760. The second-order valence-electron chi connectivity index (χ2n) is 4.88. The van der Waals surface area contributed by atoms with Crippen molar-refractivity contribution < 1.29 is 14.7 Å². The van der Waals surface area contributed by atoms with Crippen LogP contribution in [-0.2, 0) is 9.59 Å². The van der Waals surface area contributed by atoms with E-state index < -0.39 is 16.8 Å². The number of carboxylic acid groups (broad SMARTS) is 1. The SMILES string of the molecule is CC(C)(SCC(=O)Nc1ccc(Br)cc1Cl)[C@@H](N)C(=O)O. The number of amides is 1. The molecule has 1 aromatic rings. The van der Waals surface area contributed by atoms with Gasteiger partial charge in [-0.05, 0) is 32.0 Å². The molecule has 1 rings (SSSR count). The van der Waals surface area contributed by atoms with Gasteiger partial charge < -0.3 is 16.2 Å². The van der Waals surface area contributed by atoms with Gasteiger partial charge in [-0.15, -0.1) is 11.8 Å². The van der Waals surface area contributed by atoms with E-state index in [-0.39, 0.29) is 11.7 Å². The van der Waals surface area contributed by atoms with E-state index in [2.05, 4.69) is 21.2 Å². The van der Waals surface area contributed by atoms with Crippen LogP contribution in [0.25, 0.3) is 0 Å². The summed E-state index contributed by atoms with van der Waals surface area (Å²) in [5, 5.41) is 12.0. The number of nitrogens with two attached hydrogens (primary N) is 1. The van der Waals surface area contributed by atoms with Gasteiger partial charge in [0.2, 0.25) is 5.91 Å². The van der Waals surface area contributed by atoms with Gasteiger partial charge in [0.05, 0.1) is 16.5 Å². The van der Waals surface area contributed by atoms with E-state index in [4.69, 9.17) is 22.4 Å². The number of thioether (sulfide) groups is 1. The number of carbonyl (C=O) groups is 2. The Balaban J connectivity index is 2.60. The van der Waals surface area contributed by atoms with Crippen LogP contribution in [0.2, 0.25) is 5.02 Å². The number of nitrogens with one attached hydrogen (secondary N) is 1. The highest BCUT2D eigenvalue weighted by atomic mass is 79.9. The Morgan fingerprint density at radius 3 is 2.67 bits per heavy atom. The highest BCUT2D eigenvalue weighted by molar-refractivity contribution is 9.10. The fourth-order valence-electron chi connectivity index (χ4n) is 1.42. The minimum absolute atomic E-state index is 0.0837. The highest BCUT2D eigenvalue weighted by Crippen LogP contribution is 2.29. The number of halogens is 2. The van der Waals surface area contributed by atoms with Crippen LogP contribution >= 0.6 is 39.3 Å². The van der Waals surface area contributed by atoms with Crippen LogP contribution in [0.3, 0.4) is 0 Å². The molecule has 0 heterocycles. The Labute approximate surface area is 140 Å². The molecule has 0 radical (unpaired) electrons. The van der Waals surface area contributed by atoms with Crippen LogP contribution < -0.4 is 11.1 Å². The van der Waals surface area contributed by atoms with Gasteiger partial charge in [-0.2, -0.15) is 0 Å². The monoisotopic (exact) mass is 394 g/mol. The first-order valence-corrected chi connectivity index (χ1v) is 8.16. The molecule has 1 aromatic carbocycles. The molecule has 0 bridgehead atoms. The average Bonchev–Trinajstić information content (AvgIpc) is 2.39. The Bertz CT molecular complexity index is 554. The fourth-order valence-corrected chi connectivity index (χ4v) is 2.99. The lowest BCUT2D eigenvalue weighted by molar-refractivity contribution is -0.139. The molecular formula is C13H16BrClN2O3S. The molecule has 0 unspecified atom stereocenters. The van der Waals surface area contributed by atoms with Crippen molar-refractivity contribution in [2.24, 2.45) is 5.73 Å². The van der Waals surface area contributed by atoms with Gasteiger partial charge in [0.1, 0.15) is 6.04 Å². The molecule has 0 fully saturated rings. The summed E-state index contributed by atoms with van der Waals surface area (Å²) in [5.74, 6) is -1.28. The van der Waals surface area contributed by atoms with Gasteiger partial charge in [-0.1, -0.05) is 27.5 Å². The summed E-state index contributed by atoms with van der Waals surface area (Å²) in [4.78, 5) is 22.8. The van der Waals surface area contributed by atoms with E-state index >= 15 is 0 Å². The molecule has 0 saturated carbocycles. The molecule has 0 aliphatic heterocycles. The quantitative estimate of drug-likeness (QED) is 0.688. The van der Waals surface area contributed by atoms with Crippen molar-refractivity contribution in [3.63, 3.8) is 0 Å². The second-order valence-corrected chi connectivity index (χ2v) is 7.83. The summed E-state index contributed by atoms with van der Waals surface area (Å²) in [6, 6.07) is 4.07. The summed E-state index contributed by atoms with van der Waals surface area (Å²) in [6.45, 7) is 3.38. The molecule has 8 heteroatoms. The Morgan fingerprint density at radius 1 is 1.52 bits per heavy atom. The van der Waals surface area contributed by atoms with E-state index in [0.29, 0.717) is 10.7 Å². The molecule has 0 aliphatic carbocycles. The first-order valence-electron chi connectivity index (χ1n) is 6.00. The van der Waals surface area contributed by atoms with E-state index in [0.717, 1.165) is 4.47 Å². The van der Waals surface area contributed by atoms with Crippen molar-refractivity contribution in [3.8, 4) is 0 Å². The maximum Gasteiger partial charge on any atom is 0.321 e. The van der Waals surface area contributed by atoms with Crippen molar-refractivity contribution in [2.45, 2.75) is 24.6 Å². The van der Waals surface area contributed by atoms with Crippen LogP contribution in [0, 0.1) is 0 Å². The molecular weight excluding hydrogens is 380 g/mol. The van der Waals surface area contributed by atoms with Crippen LogP contribution in [0.1, 0.15) is 13.8 Å². The molecule has 1 atom stereocenters. The van der Waals surface area contributed by atoms with Gasteiger partial charge in [0.15, 0.2) is 0 Å². The third-order valence-corrected chi connectivity index (χ3v) is 5.01. The van der Waals surface area contributed by atoms with E-state index in [1.54, 1.807) is 32.0 Å². The molecule has 1 amide bonds. The number of hydrogen-bond acceptors (Lipinski definition) is 4. The third-order valence-electron chi connectivity index (χ3n) is 2.80. The van der Waals surface area contributed by atoms with Crippen molar-refractivity contribution >= 4 is 56.9 Å². The highest BCUT2D eigenvalue weighted by Gasteiger charge is 2.33. The van der Waals surface area contributed by atoms with E-state index in [9.17, 15) is 9.59 Å². The average molecular weight is 396 g/mol. The number of hydrogen-bond donors (Lipinski definition) is 3. The van der Waals surface area contributed by atoms with Crippen molar-refractivity contribution in [1.82, 2.24) is 0 Å². The topological polar surface area (TPSA) is 92.4 Å². The molecule has 116 valence electrons. The molecule has 0 aromatic heterocycles. The van der Waals surface area contributed by atoms with Crippen molar-refractivity contribution in [1.29, 1.82) is 0 Å². The minimum atomic E-state index is -1.09. The molecule has 0 spiro atoms. The fraction of sp³-hybridized carbons (Fsp3) is 0.385. The molecule has 0 saturated heterocycles. The third kappa shape index (κ3) is 5.50. The first kappa shape index (κ1) is 18.3. The van der Waals surface area contributed by atoms with Gasteiger partial charge in [-0.3, -0.25) is 9.59 Å². The number of benzene rings is 1. The lowest BCUT2D eigenvalue weighted by Gasteiger charge is -2.27. The summed E-state index contributed by atoms with van der Waals surface area (Å²) < 4.78 is 0.0561. The number of rotatable bonds is 6. The lowest BCUT2D eigenvalue weighted by atomic mass is 10.1. The number of carbonyl (C=O) groups excluding carboxylic acids is 1. The van der Waals surface area contributed by atoms with Gasteiger partial charge in [0.25, 0.3) is 0 Å². The number of aliphatic carboxylic acids is 1. The molecule has 0 aliphatic rings. The maximum absolute atomic E-state index is 11.9. The van der Waals surface area contributed by atoms with Crippen molar-refractivity contribution in [2.75, 3.05) is 11.1 Å². The zero-order valence-electron chi connectivity index (χ0n) is 11.5. The number of anilines is 1. The minimum Gasteiger partial charge on any atom is -0.480 e. The summed E-state index contributed by atoms with van der Waals surface area (Å²) in [6.07, 6.45) is 0. The number of carboxylic acids is 1. The van der Waals surface area contributed by atoms with Gasteiger partial charge in [-0.25, -0.2) is 0 Å². The normalized spacial score (nSPS) is 12.8. The van der Waals surface area contributed by atoms with E-state index in [1.807, 2.05) is 0 Å². The van der Waals surface area contributed by atoms with E-state index in [1.165, 1.54) is 11.8 Å². The van der Waals surface area contributed by atoms with Crippen LogP contribution in [0.15, 0.2) is 22.7 Å². The van der Waals surface area contributed by atoms with Gasteiger partial charge >= 0.3 is 5.97 Å². The Morgan fingerprint density at radius 2 is 2.14 bits per heavy atom. The zero-order valence-corrected chi connectivity index (χ0v) is 14.7. The zero-order chi connectivity index (χ0) is 16.2.